The molecule has 0 unspecified atom stereocenters. The summed E-state index contributed by atoms with van der Waals surface area (Å²) >= 11 is 0. The molecule has 2 heterocycles. The number of urea groups is 1. The van der Waals surface area contributed by atoms with Crippen molar-refractivity contribution < 1.29 is 37.1 Å². The van der Waals surface area contributed by atoms with E-state index in [9.17, 15) is 23.1 Å². The molecule has 0 aliphatic carbocycles. The van der Waals surface area contributed by atoms with Gasteiger partial charge in [0.25, 0.3) is 15.9 Å². The maximum absolute atomic E-state index is 13.7. The van der Waals surface area contributed by atoms with Crippen LogP contribution in [0.4, 0.5) is 16.2 Å². The van der Waals surface area contributed by atoms with E-state index in [1.54, 1.807) is 45.3 Å². The Balaban J connectivity index is 1.61. The minimum absolute atomic E-state index is 0.0813. The number of carbonyl (C=O) groups is 2. The van der Waals surface area contributed by atoms with Crippen molar-refractivity contribution in [3.63, 3.8) is 0 Å². The van der Waals surface area contributed by atoms with E-state index in [1.165, 1.54) is 41.8 Å². The van der Waals surface area contributed by atoms with Crippen molar-refractivity contribution in [1.29, 1.82) is 0 Å². The van der Waals surface area contributed by atoms with Crippen LogP contribution in [0.1, 0.15) is 35.7 Å². The third-order valence-electron chi connectivity index (χ3n) is 7.30. The molecule has 0 radical (unpaired) electrons. The van der Waals surface area contributed by atoms with E-state index in [0.29, 0.717) is 11.4 Å². The highest BCUT2D eigenvalue weighted by molar-refractivity contribution is 7.92. The Labute approximate surface area is 250 Å². The van der Waals surface area contributed by atoms with E-state index >= 15 is 0 Å². The van der Waals surface area contributed by atoms with Gasteiger partial charge in [0.05, 0.1) is 31.9 Å². The first-order valence-corrected chi connectivity index (χ1v) is 15.2. The topological polar surface area (TPSA) is 164 Å². The second kappa shape index (κ2) is 12.9. The first kappa shape index (κ1) is 31.6. The number of aromatic nitrogens is 1. The summed E-state index contributed by atoms with van der Waals surface area (Å²) in [6.45, 7) is 6.78. The number of hydrogen-bond donors (Lipinski definition) is 3. The molecule has 3 N–H and O–H groups in total. The second-order valence-corrected chi connectivity index (χ2v) is 12.3. The van der Waals surface area contributed by atoms with Crippen molar-refractivity contribution in [3.8, 4) is 11.5 Å². The Kier molecular flexibility index (Phi) is 9.50. The number of carbonyl (C=O) groups excluding carboxylic acids is 2. The summed E-state index contributed by atoms with van der Waals surface area (Å²) in [7, 11) is -0.871. The minimum Gasteiger partial charge on any atom is -0.497 e. The SMILES string of the molecule is COc1ccc(NC(=O)N(C)C[C@@H]2Oc3ccc(NS(=O)(=O)c4c(C)noc4C)cc3C(=O)N([C@@H](C)CO)C[C@@H]2C)cc1. The number of amides is 3. The number of benzene rings is 2. The maximum atomic E-state index is 13.7. The summed E-state index contributed by atoms with van der Waals surface area (Å²) < 4.78 is 45.2. The molecule has 14 heteroatoms. The fraction of sp³-hybridized carbons (Fsp3) is 0.414. The van der Waals surface area contributed by atoms with Crippen LogP contribution in [-0.4, -0.2) is 86.4 Å². The average molecular weight is 616 g/mol. The lowest BCUT2D eigenvalue weighted by Gasteiger charge is -2.38. The van der Waals surface area contributed by atoms with Crippen molar-refractivity contribution in [2.75, 3.05) is 43.9 Å². The lowest BCUT2D eigenvalue weighted by atomic mass is 9.99. The van der Waals surface area contributed by atoms with E-state index < -0.39 is 28.1 Å². The molecule has 0 bridgehead atoms. The molecule has 0 fully saturated rings. The monoisotopic (exact) mass is 615 g/mol. The van der Waals surface area contributed by atoms with Gasteiger partial charge in [0.2, 0.25) is 0 Å². The van der Waals surface area contributed by atoms with Crippen LogP contribution in [0.15, 0.2) is 51.9 Å². The molecule has 3 atom stereocenters. The van der Waals surface area contributed by atoms with Gasteiger partial charge in [0, 0.05) is 30.9 Å². The Morgan fingerprint density at radius 3 is 2.49 bits per heavy atom. The molecule has 1 aromatic heterocycles. The Morgan fingerprint density at radius 2 is 1.88 bits per heavy atom. The van der Waals surface area contributed by atoms with Crippen LogP contribution in [0.25, 0.3) is 0 Å². The van der Waals surface area contributed by atoms with Crippen LogP contribution >= 0.6 is 0 Å². The number of likely N-dealkylation sites (N-methyl/N-ethyl adjacent to an activating group) is 1. The standard InChI is InChI=1S/C29H37N5O8S/c1-17-14-34(18(2)16-35)28(36)24-13-22(32-43(38,39)27-19(3)31-42-20(27)4)9-12-25(24)41-26(17)15-33(5)29(37)30-21-7-10-23(40-6)11-8-21/h7-13,17-18,26,32,35H,14-16H2,1-6H3,(H,30,37)/t17-,18-,26-/m0/s1. The number of nitrogens with zero attached hydrogens (tertiary/aromatic N) is 3. The number of nitrogens with one attached hydrogen (secondary N) is 2. The molecule has 1 aliphatic heterocycles. The van der Waals surface area contributed by atoms with Crippen LogP contribution < -0.4 is 19.5 Å². The normalized spacial score (nSPS) is 17.7. The summed E-state index contributed by atoms with van der Waals surface area (Å²) in [6, 6.07) is 10.5. The maximum Gasteiger partial charge on any atom is 0.321 e. The predicted octanol–water partition coefficient (Wildman–Crippen LogP) is 3.48. The number of aliphatic hydroxyl groups excluding tert-OH is 1. The van der Waals surface area contributed by atoms with Crippen molar-refractivity contribution in [1.82, 2.24) is 15.0 Å². The number of aliphatic hydroxyl groups is 1. The highest BCUT2D eigenvalue weighted by atomic mass is 32.2. The average Bonchev–Trinajstić information content (AvgIpc) is 3.33. The molecule has 13 nitrogen and oxygen atoms in total. The molecule has 3 amide bonds. The number of anilines is 2. The molecule has 4 rings (SSSR count). The first-order valence-electron chi connectivity index (χ1n) is 13.7. The van der Waals surface area contributed by atoms with Gasteiger partial charge < -0.3 is 34.2 Å². The number of rotatable bonds is 9. The molecule has 0 saturated carbocycles. The number of methoxy groups -OCH3 is 1. The molecular formula is C29H37N5O8S. The summed E-state index contributed by atoms with van der Waals surface area (Å²) in [4.78, 5) is 29.7. The third kappa shape index (κ3) is 7.03. The number of aryl methyl sites for hydroxylation is 2. The molecule has 2 aromatic carbocycles. The quantitative estimate of drug-likeness (QED) is 0.327. The zero-order valence-electron chi connectivity index (χ0n) is 24.9. The van der Waals surface area contributed by atoms with Crippen molar-refractivity contribution in [2.45, 2.75) is 44.7 Å². The van der Waals surface area contributed by atoms with E-state index in [-0.39, 0.29) is 65.0 Å². The molecule has 1 aliphatic rings. The number of ether oxygens (including phenoxy) is 2. The molecule has 43 heavy (non-hydrogen) atoms. The van der Waals surface area contributed by atoms with Gasteiger partial charge in [-0.3, -0.25) is 9.52 Å². The first-order chi connectivity index (χ1) is 20.3. The van der Waals surface area contributed by atoms with Crippen molar-refractivity contribution in [2.24, 2.45) is 5.92 Å². The number of sulfonamides is 1. The molecule has 3 aromatic rings. The third-order valence-corrected chi connectivity index (χ3v) is 8.92. The zero-order valence-corrected chi connectivity index (χ0v) is 25.8. The Bertz CT molecular complexity index is 1550. The molecular weight excluding hydrogens is 578 g/mol. The highest BCUT2D eigenvalue weighted by Gasteiger charge is 2.34. The number of fused-ring (bicyclic) bond motifs is 1. The van der Waals surface area contributed by atoms with E-state index in [2.05, 4.69) is 15.2 Å². The van der Waals surface area contributed by atoms with E-state index in [1.807, 2.05) is 6.92 Å². The van der Waals surface area contributed by atoms with Gasteiger partial charge in [-0.05, 0) is 63.2 Å². The zero-order chi connectivity index (χ0) is 31.5. The van der Waals surface area contributed by atoms with Gasteiger partial charge in [-0.25, -0.2) is 13.2 Å². The summed E-state index contributed by atoms with van der Waals surface area (Å²) in [6.07, 6.45) is -0.545. The second-order valence-electron chi connectivity index (χ2n) is 10.6. The van der Waals surface area contributed by atoms with Crippen molar-refractivity contribution in [3.05, 3.63) is 59.5 Å². The fourth-order valence-corrected chi connectivity index (χ4v) is 6.20. The van der Waals surface area contributed by atoms with Gasteiger partial charge in [-0.1, -0.05) is 12.1 Å². The largest absolute Gasteiger partial charge is 0.497 e. The lowest BCUT2D eigenvalue weighted by Crippen LogP contribution is -2.50. The predicted molar refractivity (Wildman–Crippen MR) is 159 cm³/mol. The molecule has 0 spiro atoms. The summed E-state index contributed by atoms with van der Waals surface area (Å²) in [5.74, 6) is 0.361. The van der Waals surface area contributed by atoms with Crippen LogP contribution in [0, 0.1) is 19.8 Å². The van der Waals surface area contributed by atoms with Gasteiger partial charge >= 0.3 is 6.03 Å². The van der Waals surface area contributed by atoms with Crippen molar-refractivity contribution >= 4 is 33.3 Å². The van der Waals surface area contributed by atoms with E-state index in [4.69, 9.17) is 14.0 Å². The number of hydrogen-bond acceptors (Lipinski definition) is 9. The Morgan fingerprint density at radius 1 is 1.21 bits per heavy atom. The van der Waals surface area contributed by atoms with Gasteiger partial charge in [0.15, 0.2) is 10.7 Å². The molecule has 0 saturated heterocycles. The van der Waals surface area contributed by atoms with Crippen LogP contribution in [0.3, 0.4) is 0 Å². The van der Waals surface area contributed by atoms with Crippen LogP contribution in [0.5, 0.6) is 11.5 Å². The van der Waals surface area contributed by atoms with Gasteiger partial charge in [0.1, 0.15) is 23.3 Å². The summed E-state index contributed by atoms with van der Waals surface area (Å²) in [5.41, 5.74) is 1.04. The smallest absolute Gasteiger partial charge is 0.321 e. The minimum atomic E-state index is -4.07. The fourth-order valence-electron chi connectivity index (χ4n) is 4.81. The van der Waals surface area contributed by atoms with Gasteiger partial charge in [-0.15, -0.1) is 0 Å². The van der Waals surface area contributed by atoms with E-state index in [0.717, 1.165) is 0 Å². The van der Waals surface area contributed by atoms with Gasteiger partial charge in [-0.2, -0.15) is 0 Å². The summed E-state index contributed by atoms with van der Waals surface area (Å²) in [5, 5.41) is 16.5. The Hall–Kier alpha value is -4.30. The highest BCUT2D eigenvalue weighted by Crippen LogP contribution is 2.32. The van der Waals surface area contributed by atoms with Crippen LogP contribution in [-0.2, 0) is 10.0 Å². The lowest BCUT2D eigenvalue weighted by molar-refractivity contribution is 0.0371. The van der Waals surface area contributed by atoms with Crippen LogP contribution in [0.2, 0.25) is 0 Å². The molecule has 232 valence electrons.